The molecule has 3 heterocycles. The van der Waals surface area contributed by atoms with Crippen molar-refractivity contribution >= 4 is 39.7 Å². The van der Waals surface area contributed by atoms with Crippen molar-refractivity contribution in [3.05, 3.63) is 66.5 Å². The van der Waals surface area contributed by atoms with Crippen molar-refractivity contribution in [3.63, 3.8) is 0 Å². The maximum absolute atomic E-state index is 12.2. The maximum atomic E-state index is 12.2. The fourth-order valence-corrected chi connectivity index (χ4v) is 5.39. The van der Waals surface area contributed by atoms with E-state index in [0.717, 1.165) is 53.1 Å². The third-order valence-corrected chi connectivity index (χ3v) is 7.58. The molecular weight excluding hydrogens is 518 g/mol. The van der Waals surface area contributed by atoms with E-state index in [1.54, 1.807) is 19.4 Å². The zero-order valence-electron chi connectivity index (χ0n) is 24.0. The topological polar surface area (TPSA) is 122 Å². The molecule has 5 rings (SSSR count). The molecule has 0 radical (unpaired) electrons. The molecule has 41 heavy (non-hydrogen) atoms. The zero-order valence-corrected chi connectivity index (χ0v) is 24.0. The van der Waals surface area contributed by atoms with Crippen LogP contribution >= 0.6 is 0 Å². The third kappa shape index (κ3) is 5.61. The number of nitrogens with zero attached hydrogens (tertiary/aromatic N) is 5. The van der Waals surface area contributed by atoms with Crippen LogP contribution in [0, 0.1) is 0 Å². The first kappa shape index (κ1) is 28.1. The minimum Gasteiger partial charge on any atom is -0.494 e. The molecule has 0 bridgehead atoms. The molecule has 0 spiro atoms. The fraction of sp³-hybridized carbons (Fsp3) is 0.323. The fourth-order valence-electron chi connectivity index (χ4n) is 5.39. The molecule has 2 aromatic heterocycles. The van der Waals surface area contributed by atoms with Crippen molar-refractivity contribution in [2.45, 2.75) is 25.5 Å². The average Bonchev–Trinajstić information content (AvgIpc) is 3.29. The predicted molar refractivity (Wildman–Crippen MR) is 164 cm³/mol. The number of anilines is 3. The van der Waals surface area contributed by atoms with Crippen LogP contribution in [0.4, 0.5) is 17.3 Å². The number of fused-ring (bicyclic) bond motifs is 3. The summed E-state index contributed by atoms with van der Waals surface area (Å²) < 4.78 is 7.94. The maximum Gasteiger partial charge on any atom is 0.248 e. The van der Waals surface area contributed by atoms with E-state index in [2.05, 4.69) is 38.5 Å². The molecule has 1 unspecified atom stereocenters. The zero-order chi connectivity index (χ0) is 29.3. The summed E-state index contributed by atoms with van der Waals surface area (Å²) in [6.45, 7) is 6.06. The Kier molecular flexibility index (Phi) is 7.96. The van der Waals surface area contributed by atoms with E-state index in [4.69, 9.17) is 15.5 Å². The lowest BCUT2D eigenvalue weighted by Gasteiger charge is -2.26. The molecule has 0 fully saturated rings. The number of primary amides is 1. The molecule has 0 saturated heterocycles. The first-order chi connectivity index (χ1) is 19.7. The summed E-state index contributed by atoms with van der Waals surface area (Å²) in [5, 5.41) is 14.7. The van der Waals surface area contributed by atoms with Crippen molar-refractivity contribution < 1.29 is 14.6 Å². The smallest absolute Gasteiger partial charge is 0.248 e. The highest BCUT2D eigenvalue weighted by atomic mass is 16.5. The summed E-state index contributed by atoms with van der Waals surface area (Å²) in [7, 11) is 7.57. The van der Waals surface area contributed by atoms with Gasteiger partial charge in [0.2, 0.25) is 11.9 Å². The van der Waals surface area contributed by atoms with E-state index >= 15 is 0 Å². The number of carbonyl (C=O) groups is 1. The first-order valence-electron chi connectivity index (χ1n) is 13.6. The number of nitrogens with one attached hydrogen (secondary N) is 1. The van der Waals surface area contributed by atoms with Crippen molar-refractivity contribution in [1.29, 1.82) is 0 Å². The van der Waals surface area contributed by atoms with Crippen molar-refractivity contribution in [2.75, 3.05) is 51.6 Å². The molecule has 1 atom stereocenters. The number of aromatic nitrogens is 3. The normalized spacial score (nSPS) is 14.6. The number of likely N-dealkylation sites (N-methyl/N-ethyl adjacent to an activating group) is 2. The molecule has 4 N–H and O–H groups in total. The number of nitrogens with two attached hydrogens (primary N) is 1. The highest BCUT2D eigenvalue weighted by Gasteiger charge is 2.25. The number of methoxy groups -OCH3 is 1. The summed E-state index contributed by atoms with van der Waals surface area (Å²) in [6, 6.07) is 13.8. The van der Waals surface area contributed by atoms with Crippen LogP contribution in [-0.4, -0.2) is 77.9 Å². The van der Waals surface area contributed by atoms with Gasteiger partial charge in [-0.1, -0.05) is 24.8 Å². The molecular formula is C31H37N7O3. The summed E-state index contributed by atoms with van der Waals surface area (Å²) in [4.78, 5) is 25.7. The van der Waals surface area contributed by atoms with Crippen LogP contribution in [-0.2, 0) is 17.8 Å². The lowest BCUT2D eigenvalue weighted by molar-refractivity contribution is -0.112. The van der Waals surface area contributed by atoms with Gasteiger partial charge in [0.25, 0.3) is 0 Å². The Labute approximate surface area is 240 Å². The van der Waals surface area contributed by atoms with Gasteiger partial charge in [0.1, 0.15) is 5.75 Å². The van der Waals surface area contributed by atoms with Crippen LogP contribution in [0.5, 0.6) is 5.75 Å². The van der Waals surface area contributed by atoms with Gasteiger partial charge in [-0.05, 0) is 45.1 Å². The molecule has 10 nitrogen and oxygen atoms in total. The average molecular weight is 556 g/mol. The minimum absolute atomic E-state index is 0.200. The first-order valence-corrected chi connectivity index (χ1v) is 13.6. The number of rotatable bonds is 10. The number of para-hydroxylation sites is 1. The Morgan fingerprint density at radius 1 is 1.22 bits per heavy atom. The van der Waals surface area contributed by atoms with Gasteiger partial charge < -0.3 is 35.3 Å². The molecule has 1 aliphatic heterocycles. The third-order valence-electron chi connectivity index (χ3n) is 7.58. The highest BCUT2D eigenvalue weighted by molar-refractivity contribution is 6.19. The number of hydrogen-bond donors (Lipinski definition) is 3. The number of ether oxygens (including phenoxy) is 1. The van der Waals surface area contributed by atoms with Crippen LogP contribution in [0.25, 0.3) is 27.7 Å². The summed E-state index contributed by atoms with van der Waals surface area (Å²) >= 11 is 0. The Hall–Kier alpha value is -4.41. The van der Waals surface area contributed by atoms with Gasteiger partial charge >= 0.3 is 0 Å². The Morgan fingerprint density at radius 2 is 2.00 bits per heavy atom. The Balaban J connectivity index is 1.55. The van der Waals surface area contributed by atoms with Gasteiger partial charge in [-0.15, -0.1) is 0 Å². The molecule has 1 aliphatic rings. The highest BCUT2D eigenvalue weighted by Crippen LogP contribution is 2.39. The predicted octanol–water partition coefficient (Wildman–Crippen LogP) is 3.65. The second kappa shape index (κ2) is 11.6. The standard InChI is InChI=1S/C31H37N7O3/c1-19(30(32)40)22-16-24(28(41-5)17-27(22)37(4)15-14-36(2)3)35-31-33-13-12-23(34-31)29-21-8-6-7-9-25(21)38-18-20(39)10-11-26(29)38/h6-9,12-13,16-17,20,39H,1,10-11,14-15,18H2,2-5H3,(H2,32,40)(H,33,34,35). The van der Waals surface area contributed by atoms with Gasteiger partial charge in [-0.3, -0.25) is 4.79 Å². The molecule has 1 amide bonds. The van der Waals surface area contributed by atoms with E-state index in [-0.39, 0.29) is 11.7 Å². The molecule has 4 aromatic rings. The van der Waals surface area contributed by atoms with E-state index in [1.807, 2.05) is 50.3 Å². The monoisotopic (exact) mass is 555 g/mol. The number of aliphatic hydroxyl groups excluding tert-OH is 1. The lowest BCUT2D eigenvalue weighted by atomic mass is 10.0. The van der Waals surface area contributed by atoms with Crippen LogP contribution in [0.3, 0.4) is 0 Å². The Morgan fingerprint density at radius 3 is 2.73 bits per heavy atom. The largest absolute Gasteiger partial charge is 0.494 e. The summed E-state index contributed by atoms with van der Waals surface area (Å²) in [6.07, 6.45) is 2.82. The number of hydrogen-bond acceptors (Lipinski definition) is 8. The number of amides is 1. The van der Waals surface area contributed by atoms with E-state index in [0.29, 0.717) is 35.9 Å². The number of carbonyl (C=O) groups excluding carboxylic acids is 1. The Bertz CT molecular complexity index is 1610. The van der Waals surface area contributed by atoms with E-state index in [9.17, 15) is 9.90 Å². The van der Waals surface area contributed by atoms with E-state index in [1.165, 1.54) is 0 Å². The SMILES string of the molecule is C=C(C(N)=O)c1cc(Nc2nccc(-c3c4n(c5ccccc35)CC(O)CC4)n2)c(OC)cc1N(C)CCN(C)C. The number of aliphatic hydroxyl groups is 1. The van der Waals surface area contributed by atoms with Crippen LogP contribution < -0.4 is 20.7 Å². The second-order valence-electron chi connectivity index (χ2n) is 10.7. The van der Waals surface area contributed by atoms with Gasteiger partial charge in [0.05, 0.1) is 24.6 Å². The molecule has 10 heteroatoms. The van der Waals surface area contributed by atoms with Crippen molar-refractivity contribution in [2.24, 2.45) is 5.73 Å². The van der Waals surface area contributed by atoms with Crippen LogP contribution in [0.2, 0.25) is 0 Å². The van der Waals surface area contributed by atoms with Gasteiger partial charge in [-0.25, -0.2) is 9.97 Å². The van der Waals surface area contributed by atoms with Crippen molar-refractivity contribution in [1.82, 2.24) is 19.4 Å². The minimum atomic E-state index is -0.600. The summed E-state index contributed by atoms with van der Waals surface area (Å²) in [5.41, 5.74) is 11.9. The quantitative estimate of drug-likeness (QED) is 0.254. The lowest BCUT2D eigenvalue weighted by Crippen LogP contribution is -2.29. The summed E-state index contributed by atoms with van der Waals surface area (Å²) in [5.74, 6) is 0.342. The van der Waals surface area contributed by atoms with Gasteiger partial charge in [-0.2, -0.15) is 0 Å². The molecule has 0 saturated carbocycles. The second-order valence-corrected chi connectivity index (χ2v) is 10.7. The van der Waals surface area contributed by atoms with Crippen LogP contribution in [0.1, 0.15) is 17.7 Å². The van der Waals surface area contributed by atoms with E-state index < -0.39 is 5.91 Å². The molecule has 2 aromatic carbocycles. The number of benzene rings is 2. The molecule has 214 valence electrons. The van der Waals surface area contributed by atoms with Gasteiger partial charge in [0, 0.05) is 77.9 Å². The molecule has 0 aliphatic carbocycles. The van der Waals surface area contributed by atoms with Crippen molar-refractivity contribution in [3.8, 4) is 17.0 Å². The van der Waals surface area contributed by atoms with Crippen LogP contribution in [0.15, 0.2) is 55.2 Å². The van der Waals surface area contributed by atoms with Gasteiger partial charge in [0.15, 0.2) is 0 Å².